The zero-order valence-corrected chi connectivity index (χ0v) is 13.3. The molecule has 1 N–H and O–H groups in total. The summed E-state index contributed by atoms with van der Waals surface area (Å²) in [6.45, 7) is 9.05. The molecule has 0 saturated carbocycles. The van der Waals surface area contributed by atoms with Gasteiger partial charge in [0.05, 0.1) is 17.9 Å². The van der Waals surface area contributed by atoms with Gasteiger partial charge in [-0.2, -0.15) is 0 Å². The number of hydrogen-bond donors (Lipinski definition) is 1. The fourth-order valence-corrected chi connectivity index (χ4v) is 3.15. The van der Waals surface area contributed by atoms with E-state index in [1.807, 2.05) is 24.9 Å². The Labute approximate surface area is 130 Å². The molecular formula is C16H22N4O2. The number of H-pyrrole nitrogens is 1. The predicted octanol–water partition coefficient (Wildman–Crippen LogP) is 2.14. The molecule has 1 aliphatic heterocycles. The third kappa shape index (κ3) is 2.54. The van der Waals surface area contributed by atoms with E-state index in [2.05, 4.69) is 21.8 Å². The minimum atomic E-state index is 0.0519. The van der Waals surface area contributed by atoms with Crippen molar-refractivity contribution >= 4 is 5.91 Å². The Morgan fingerprint density at radius 3 is 2.86 bits per heavy atom. The van der Waals surface area contributed by atoms with Crippen LogP contribution in [0, 0.1) is 13.8 Å². The number of amides is 1. The molecule has 0 aromatic carbocycles. The predicted molar refractivity (Wildman–Crippen MR) is 82.7 cm³/mol. The van der Waals surface area contributed by atoms with Gasteiger partial charge >= 0.3 is 0 Å². The van der Waals surface area contributed by atoms with E-state index in [0.717, 1.165) is 31.0 Å². The second-order valence-corrected chi connectivity index (χ2v) is 5.72. The first-order valence-corrected chi connectivity index (χ1v) is 7.69. The lowest BCUT2D eigenvalue weighted by molar-refractivity contribution is 0.0478. The monoisotopic (exact) mass is 302 g/mol. The van der Waals surface area contributed by atoms with Crippen LogP contribution in [0.1, 0.15) is 40.5 Å². The van der Waals surface area contributed by atoms with Crippen LogP contribution >= 0.6 is 0 Å². The van der Waals surface area contributed by atoms with Gasteiger partial charge in [-0.1, -0.05) is 6.92 Å². The number of imidazole rings is 1. The maximum absolute atomic E-state index is 12.8. The van der Waals surface area contributed by atoms with E-state index >= 15 is 0 Å². The standard InChI is InChI=1S/C16H22N4O2/c1-4-19-7-8-20(9-13(19)15-17-5-6-18-15)16(21)14-11(2)10-22-12(14)3/h5-6,10,13H,4,7-9H2,1-3H3,(H,17,18)/t13-/m0/s1. The molecule has 0 spiro atoms. The van der Waals surface area contributed by atoms with Crippen LogP contribution in [0.2, 0.25) is 0 Å². The smallest absolute Gasteiger partial charge is 0.257 e. The number of carbonyl (C=O) groups excluding carboxylic acids is 1. The Bertz CT molecular complexity index is 628. The van der Waals surface area contributed by atoms with Gasteiger partial charge in [0, 0.05) is 37.6 Å². The Hall–Kier alpha value is -2.08. The molecule has 1 atom stereocenters. The highest BCUT2D eigenvalue weighted by Gasteiger charge is 2.33. The third-order valence-electron chi connectivity index (χ3n) is 4.39. The normalized spacial score (nSPS) is 19.6. The van der Waals surface area contributed by atoms with Gasteiger partial charge in [0.1, 0.15) is 11.6 Å². The Kier molecular flexibility index (Phi) is 4.02. The van der Waals surface area contributed by atoms with Crippen LogP contribution < -0.4 is 0 Å². The minimum absolute atomic E-state index is 0.0519. The van der Waals surface area contributed by atoms with Crippen molar-refractivity contribution < 1.29 is 9.21 Å². The molecule has 2 aromatic rings. The fourth-order valence-electron chi connectivity index (χ4n) is 3.15. The highest BCUT2D eigenvalue weighted by atomic mass is 16.3. The summed E-state index contributed by atoms with van der Waals surface area (Å²) in [4.78, 5) is 24.6. The molecule has 1 aliphatic rings. The van der Waals surface area contributed by atoms with Gasteiger partial charge in [-0.15, -0.1) is 0 Å². The SMILES string of the molecule is CCN1CCN(C(=O)c2c(C)coc2C)C[C@H]1c1ncc[nH]1. The summed E-state index contributed by atoms with van der Waals surface area (Å²) < 4.78 is 5.37. The number of nitrogens with one attached hydrogen (secondary N) is 1. The van der Waals surface area contributed by atoms with E-state index in [-0.39, 0.29) is 11.9 Å². The lowest BCUT2D eigenvalue weighted by Crippen LogP contribution is -2.50. The number of nitrogens with zero attached hydrogens (tertiary/aromatic N) is 3. The molecule has 0 bridgehead atoms. The van der Waals surface area contributed by atoms with Gasteiger partial charge in [0.2, 0.25) is 0 Å². The minimum Gasteiger partial charge on any atom is -0.469 e. The van der Waals surface area contributed by atoms with E-state index in [4.69, 9.17) is 4.42 Å². The second kappa shape index (κ2) is 5.96. The Balaban J connectivity index is 1.83. The van der Waals surface area contributed by atoms with Crippen LogP contribution in [0.3, 0.4) is 0 Å². The third-order valence-corrected chi connectivity index (χ3v) is 4.39. The molecule has 3 heterocycles. The van der Waals surface area contributed by atoms with Crippen molar-refractivity contribution in [1.82, 2.24) is 19.8 Å². The summed E-state index contributed by atoms with van der Waals surface area (Å²) in [5, 5.41) is 0. The molecule has 6 nitrogen and oxygen atoms in total. The maximum Gasteiger partial charge on any atom is 0.257 e. The first-order valence-electron chi connectivity index (χ1n) is 7.69. The molecule has 1 saturated heterocycles. The topological polar surface area (TPSA) is 65.4 Å². The average Bonchev–Trinajstić information content (AvgIpc) is 3.16. The summed E-state index contributed by atoms with van der Waals surface area (Å²) >= 11 is 0. The van der Waals surface area contributed by atoms with E-state index in [0.29, 0.717) is 17.9 Å². The lowest BCUT2D eigenvalue weighted by Gasteiger charge is -2.40. The summed E-state index contributed by atoms with van der Waals surface area (Å²) in [7, 11) is 0. The van der Waals surface area contributed by atoms with Crippen LogP contribution in [-0.4, -0.2) is 51.9 Å². The van der Waals surface area contributed by atoms with Gasteiger partial charge in [-0.3, -0.25) is 9.69 Å². The van der Waals surface area contributed by atoms with E-state index in [1.54, 1.807) is 12.5 Å². The number of aromatic amines is 1. The number of likely N-dealkylation sites (N-methyl/N-ethyl adjacent to an activating group) is 1. The zero-order chi connectivity index (χ0) is 15.7. The van der Waals surface area contributed by atoms with Crippen molar-refractivity contribution in [3.8, 4) is 0 Å². The molecule has 118 valence electrons. The fraction of sp³-hybridized carbons (Fsp3) is 0.500. The number of furan rings is 1. The lowest BCUT2D eigenvalue weighted by atomic mass is 10.1. The van der Waals surface area contributed by atoms with Crippen LogP contribution in [-0.2, 0) is 0 Å². The number of carbonyl (C=O) groups is 1. The van der Waals surface area contributed by atoms with Crippen molar-refractivity contribution in [3.63, 3.8) is 0 Å². The molecular weight excluding hydrogens is 280 g/mol. The quantitative estimate of drug-likeness (QED) is 0.943. The van der Waals surface area contributed by atoms with Crippen LogP contribution in [0.4, 0.5) is 0 Å². The number of aryl methyl sites for hydroxylation is 2. The molecule has 0 aliphatic carbocycles. The molecule has 3 rings (SSSR count). The van der Waals surface area contributed by atoms with Gasteiger partial charge in [0.25, 0.3) is 5.91 Å². The number of aromatic nitrogens is 2. The molecule has 22 heavy (non-hydrogen) atoms. The van der Waals surface area contributed by atoms with Crippen molar-refractivity contribution in [2.45, 2.75) is 26.8 Å². The van der Waals surface area contributed by atoms with Crippen molar-refractivity contribution in [2.24, 2.45) is 0 Å². The first kappa shape index (κ1) is 14.8. The molecule has 2 aromatic heterocycles. The zero-order valence-electron chi connectivity index (χ0n) is 13.3. The summed E-state index contributed by atoms with van der Waals surface area (Å²) in [5.41, 5.74) is 1.60. The Morgan fingerprint density at radius 1 is 1.45 bits per heavy atom. The highest BCUT2D eigenvalue weighted by Crippen LogP contribution is 2.25. The molecule has 6 heteroatoms. The first-order chi connectivity index (χ1) is 10.6. The molecule has 0 radical (unpaired) electrons. The second-order valence-electron chi connectivity index (χ2n) is 5.72. The maximum atomic E-state index is 12.8. The molecule has 0 unspecified atom stereocenters. The van der Waals surface area contributed by atoms with Crippen LogP contribution in [0.5, 0.6) is 0 Å². The van der Waals surface area contributed by atoms with E-state index in [9.17, 15) is 4.79 Å². The van der Waals surface area contributed by atoms with E-state index < -0.39 is 0 Å². The summed E-state index contributed by atoms with van der Waals surface area (Å²) in [5.74, 6) is 1.66. The molecule has 1 amide bonds. The van der Waals surface area contributed by atoms with Gasteiger partial charge < -0.3 is 14.3 Å². The van der Waals surface area contributed by atoms with Crippen molar-refractivity contribution in [3.05, 3.63) is 41.4 Å². The number of rotatable bonds is 3. The van der Waals surface area contributed by atoms with Gasteiger partial charge in [-0.25, -0.2) is 4.98 Å². The van der Waals surface area contributed by atoms with E-state index in [1.165, 1.54) is 0 Å². The van der Waals surface area contributed by atoms with Crippen molar-refractivity contribution in [1.29, 1.82) is 0 Å². The largest absolute Gasteiger partial charge is 0.469 e. The average molecular weight is 302 g/mol. The number of piperazine rings is 1. The highest BCUT2D eigenvalue weighted by molar-refractivity contribution is 5.96. The van der Waals surface area contributed by atoms with Crippen LogP contribution in [0.25, 0.3) is 0 Å². The summed E-state index contributed by atoms with van der Waals surface area (Å²) in [6, 6.07) is 0.116. The number of hydrogen-bond acceptors (Lipinski definition) is 4. The summed E-state index contributed by atoms with van der Waals surface area (Å²) in [6.07, 6.45) is 5.23. The van der Waals surface area contributed by atoms with Crippen molar-refractivity contribution in [2.75, 3.05) is 26.2 Å². The molecule has 1 fully saturated rings. The van der Waals surface area contributed by atoms with Gasteiger partial charge in [-0.05, 0) is 20.4 Å². The Morgan fingerprint density at radius 2 is 2.27 bits per heavy atom. The van der Waals surface area contributed by atoms with Gasteiger partial charge in [0.15, 0.2) is 0 Å². The van der Waals surface area contributed by atoms with Crippen LogP contribution in [0.15, 0.2) is 23.1 Å².